The van der Waals surface area contributed by atoms with Gasteiger partial charge >= 0.3 is 47.8 Å². The average molecular weight is 1010 g/mol. The van der Waals surface area contributed by atoms with Crippen molar-refractivity contribution in [1.29, 1.82) is 0 Å². The molecule has 0 unspecified atom stereocenters. The summed E-state index contributed by atoms with van der Waals surface area (Å²) in [6, 6.07) is -1.52. The van der Waals surface area contributed by atoms with Crippen LogP contribution in [0.15, 0.2) is 0 Å². The Morgan fingerprint density at radius 3 is 1.29 bits per heavy atom. The van der Waals surface area contributed by atoms with Crippen molar-refractivity contribution >= 4 is 53.7 Å². The zero-order valence-electron chi connectivity index (χ0n) is 41.5. The molecule has 25 nitrogen and oxygen atoms in total. The van der Waals surface area contributed by atoms with E-state index >= 15 is 0 Å². The average Bonchev–Trinajstić information content (AvgIpc) is 3.24. The van der Waals surface area contributed by atoms with Crippen LogP contribution in [0.1, 0.15) is 108 Å². The largest absolute Gasteiger partial charge is 0.463 e. The summed E-state index contributed by atoms with van der Waals surface area (Å²) in [4.78, 5) is 112. The van der Waals surface area contributed by atoms with Gasteiger partial charge in [0, 0.05) is 76.0 Å². The highest BCUT2D eigenvalue weighted by Gasteiger charge is 2.57. The van der Waals surface area contributed by atoms with E-state index in [1.165, 1.54) is 7.11 Å². The summed E-state index contributed by atoms with van der Waals surface area (Å²) in [7, 11) is 1.21. The standard InChI is InChI=1S/C45H69NO24/c1-12-13-14-15-16-17-18-57-44-42(66-30(10)55)40(65-29(9)54)37(63-27(7)52)33(68-44)21-60-45-41(39(56-11)36(62-26(6)51)32(69-45)20-59-24(4)49)70-43-34(46-22(2)47)38(64-28(8)53)35(61-25(5)50)31(67-43)19-58-23(3)48/h31-45H,12-21H2,1-11H3,(H,46,47)/t31-,32-,33-,34-,35-,36-,37-,38-,39+,40+,41+,42-,43+,44-,45+/m1/s1. The second-order valence-electron chi connectivity index (χ2n) is 16.7. The molecule has 1 N–H and O–H groups in total. The summed E-state index contributed by atoms with van der Waals surface area (Å²) in [5, 5.41) is 2.59. The second-order valence-corrected chi connectivity index (χ2v) is 16.7. The van der Waals surface area contributed by atoms with Crippen LogP contribution in [-0.4, -0.2) is 179 Å². The van der Waals surface area contributed by atoms with Crippen molar-refractivity contribution < 1.29 is 114 Å². The third-order valence-electron chi connectivity index (χ3n) is 10.7. The van der Waals surface area contributed by atoms with E-state index in [0.29, 0.717) is 6.42 Å². The molecule has 15 atom stereocenters. The molecular weight excluding hydrogens is 938 g/mol. The Morgan fingerprint density at radius 2 is 0.814 bits per heavy atom. The van der Waals surface area contributed by atoms with Gasteiger partial charge in [0.15, 0.2) is 55.5 Å². The molecule has 0 aromatic rings. The van der Waals surface area contributed by atoms with Crippen LogP contribution in [0, 0.1) is 0 Å². The lowest BCUT2D eigenvalue weighted by molar-refractivity contribution is -0.365. The first-order valence-electron chi connectivity index (χ1n) is 23.0. The highest BCUT2D eigenvalue weighted by atomic mass is 16.8. The van der Waals surface area contributed by atoms with Gasteiger partial charge in [0.2, 0.25) is 5.91 Å². The molecule has 3 aliphatic heterocycles. The maximum absolute atomic E-state index is 12.8. The number of carbonyl (C=O) groups is 9. The van der Waals surface area contributed by atoms with Gasteiger partial charge in [-0.05, 0) is 6.42 Å². The fourth-order valence-electron chi connectivity index (χ4n) is 8.05. The zero-order valence-corrected chi connectivity index (χ0v) is 41.5. The summed E-state index contributed by atoms with van der Waals surface area (Å²) < 4.78 is 88.1. The fourth-order valence-corrected chi connectivity index (χ4v) is 8.05. The number of nitrogens with one attached hydrogen (secondary N) is 1. The molecule has 0 bridgehead atoms. The predicted molar refractivity (Wildman–Crippen MR) is 231 cm³/mol. The molecule has 0 aromatic heterocycles. The van der Waals surface area contributed by atoms with E-state index in [1.807, 2.05) is 0 Å². The van der Waals surface area contributed by atoms with Crippen LogP contribution in [0.5, 0.6) is 0 Å². The van der Waals surface area contributed by atoms with Gasteiger partial charge in [-0.2, -0.15) is 0 Å². The van der Waals surface area contributed by atoms with E-state index in [1.54, 1.807) is 0 Å². The monoisotopic (exact) mass is 1010 g/mol. The molecular formula is C45H69NO24. The van der Waals surface area contributed by atoms with E-state index in [-0.39, 0.29) is 6.61 Å². The number of hydrogen-bond acceptors (Lipinski definition) is 24. The van der Waals surface area contributed by atoms with Crippen LogP contribution in [0.3, 0.4) is 0 Å². The van der Waals surface area contributed by atoms with E-state index in [2.05, 4.69) is 12.2 Å². The van der Waals surface area contributed by atoms with Crippen molar-refractivity contribution in [3.8, 4) is 0 Å². The minimum Gasteiger partial charge on any atom is -0.463 e. The molecule has 0 radical (unpaired) electrons. The molecule has 0 aliphatic carbocycles. The lowest BCUT2D eigenvalue weighted by Crippen LogP contribution is -2.69. The van der Waals surface area contributed by atoms with E-state index in [9.17, 15) is 43.2 Å². The topological polar surface area (TPSA) is 304 Å². The summed E-state index contributed by atoms with van der Waals surface area (Å²) in [6.45, 7) is 10.3. The molecule has 3 fully saturated rings. The van der Waals surface area contributed by atoms with Crippen molar-refractivity contribution in [3.63, 3.8) is 0 Å². The first-order valence-corrected chi connectivity index (χ1v) is 23.0. The SMILES string of the molecule is CCCCCCCCO[C@@H]1O[C@H](CO[C@H]2O[C@H](COC(C)=O)[C@@H](OC(C)=O)[C@H](OC)[C@@H]2O[C@@H]2O[C@H](COC(C)=O)[C@@H](OC(C)=O)[C@H](OC(C)=O)[C@H]2NC(C)=O)[C@@H](OC(C)=O)[C@H](OC(C)=O)[C@H]1OC(C)=O. The highest BCUT2D eigenvalue weighted by molar-refractivity contribution is 5.74. The molecule has 70 heavy (non-hydrogen) atoms. The number of methoxy groups -OCH3 is 1. The summed E-state index contributed by atoms with van der Waals surface area (Å²) in [6.07, 6.45) is -15.8. The molecule has 25 heteroatoms. The van der Waals surface area contributed by atoms with Crippen molar-refractivity contribution in [1.82, 2.24) is 5.32 Å². The van der Waals surface area contributed by atoms with E-state index in [4.69, 9.17) is 71.1 Å². The Bertz CT molecular complexity index is 1780. The lowest BCUT2D eigenvalue weighted by atomic mass is 9.94. The highest BCUT2D eigenvalue weighted by Crippen LogP contribution is 2.36. The molecule has 0 saturated carbocycles. The Kier molecular flexibility index (Phi) is 24.8. The number of amides is 1. The first kappa shape index (κ1) is 59.3. The molecule has 3 aliphatic rings. The van der Waals surface area contributed by atoms with E-state index < -0.39 is 166 Å². The molecule has 0 spiro atoms. The molecule has 3 saturated heterocycles. The van der Waals surface area contributed by atoms with Crippen LogP contribution in [0.25, 0.3) is 0 Å². The van der Waals surface area contributed by atoms with Crippen molar-refractivity contribution in [2.75, 3.05) is 33.5 Å². The number of ether oxygens (including phenoxy) is 15. The lowest BCUT2D eigenvalue weighted by Gasteiger charge is -2.49. The third-order valence-corrected chi connectivity index (χ3v) is 10.7. The Labute approximate surface area is 405 Å². The smallest absolute Gasteiger partial charge is 0.303 e. The Morgan fingerprint density at radius 1 is 0.414 bits per heavy atom. The van der Waals surface area contributed by atoms with Crippen LogP contribution in [-0.2, 0) is 114 Å². The quantitative estimate of drug-likeness (QED) is 0.0762. The van der Waals surface area contributed by atoms with Crippen molar-refractivity contribution in [2.24, 2.45) is 0 Å². The molecule has 398 valence electrons. The van der Waals surface area contributed by atoms with Gasteiger partial charge in [-0.25, -0.2) is 0 Å². The van der Waals surface area contributed by atoms with Gasteiger partial charge < -0.3 is 76.4 Å². The number of esters is 8. The summed E-state index contributed by atoms with van der Waals surface area (Å²) in [5.74, 6) is -7.31. The molecule has 3 heterocycles. The van der Waals surface area contributed by atoms with Crippen LogP contribution in [0.4, 0.5) is 0 Å². The van der Waals surface area contributed by atoms with Gasteiger partial charge in [-0.3, -0.25) is 43.2 Å². The molecule has 3 rings (SSSR count). The number of unbranched alkanes of at least 4 members (excludes halogenated alkanes) is 5. The van der Waals surface area contributed by atoms with Gasteiger partial charge in [-0.15, -0.1) is 0 Å². The first-order chi connectivity index (χ1) is 33.1. The maximum Gasteiger partial charge on any atom is 0.303 e. The third kappa shape index (κ3) is 18.9. The Balaban J connectivity index is 2.20. The van der Waals surface area contributed by atoms with Crippen LogP contribution in [0.2, 0.25) is 0 Å². The van der Waals surface area contributed by atoms with Gasteiger partial charge in [0.1, 0.15) is 49.8 Å². The maximum atomic E-state index is 12.8. The normalized spacial score (nSPS) is 30.6. The number of rotatable bonds is 25. The number of carbonyl (C=O) groups excluding carboxylic acids is 9. The molecule has 0 aromatic carbocycles. The minimum atomic E-state index is -1.77. The molecule has 1 amide bonds. The fraction of sp³-hybridized carbons (Fsp3) is 0.800. The summed E-state index contributed by atoms with van der Waals surface area (Å²) >= 11 is 0. The predicted octanol–water partition coefficient (Wildman–Crippen LogP) is 1.18. The van der Waals surface area contributed by atoms with Gasteiger partial charge in [-0.1, -0.05) is 39.0 Å². The van der Waals surface area contributed by atoms with E-state index in [0.717, 1.165) is 94.4 Å². The summed E-state index contributed by atoms with van der Waals surface area (Å²) in [5.41, 5.74) is 0. The van der Waals surface area contributed by atoms with Gasteiger partial charge in [0.05, 0.1) is 6.61 Å². The van der Waals surface area contributed by atoms with Crippen LogP contribution < -0.4 is 5.32 Å². The Hall–Kier alpha value is -5.05. The zero-order chi connectivity index (χ0) is 52.2. The minimum absolute atomic E-state index is 0.113. The van der Waals surface area contributed by atoms with Gasteiger partial charge in [0.25, 0.3) is 0 Å². The van der Waals surface area contributed by atoms with Crippen molar-refractivity contribution in [2.45, 2.75) is 200 Å². The van der Waals surface area contributed by atoms with Crippen LogP contribution >= 0.6 is 0 Å². The number of hydrogen-bond donors (Lipinski definition) is 1. The van der Waals surface area contributed by atoms with Crippen molar-refractivity contribution in [3.05, 3.63) is 0 Å². The second kappa shape index (κ2) is 29.3.